The van der Waals surface area contributed by atoms with Gasteiger partial charge in [0.25, 0.3) is 0 Å². The summed E-state index contributed by atoms with van der Waals surface area (Å²) in [4.78, 5) is 37.2. The van der Waals surface area contributed by atoms with E-state index in [0.717, 1.165) is 6.07 Å². The van der Waals surface area contributed by atoms with Crippen LogP contribution in [0, 0.1) is 5.82 Å². The Bertz CT molecular complexity index is 753. The highest BCUT2D eigenvalue weighted by atomic mass is 35.5. The Hall–Kier alpha value is -2.39. The van der Waals surface area contributed by atoms with Crippen molar-refractivity contribution in [2.45, 2.75) is 38.5 Å². The molecule has 0 aromatic heterocycles. The van der Waals surface area contributed by atoms with Crippen LogP contribution in [0.2, 0.25) is 5.02 Å². The summed E-state index contributed by atoms with van der Waals surface area (Å²) < 4.78 is 18.6. The van der Waals surface area contributed by atoms with Gasteiger partial charge < -0.3 is 25.4 Å². The molecule has 27 heavy (non-hydrogen) atoms. The summed E-state index contributed by atoms with van der Waals surface area (Å²) in [6.07, 6.45) is -1.68. The molecule has 1 heterocycles. The first-order valence-electron chi connectivity index (χ1n) is 8.19. The first kappa shape index (κ1) is 20.9. The van der Waals surface area contributed by atoms with Crippen LogP contribution >= 0.6 is 11.6 Å². The summed E-state index contributed by atoms with van der Waals surface area (Å²) in [5, 5.41) is 14.5. The number of amides is 3. The summed E-state index contributed by atoms with van der Waals surface area (Å²) in [7, 11) is 0. The molecule has 3 N–H and O–H groups in total. The van der Waals surface area contributed by atoms with E-state index in [9.17, 15) is 23.9 Å². The van der Waals surface area contributed by atoms with Crippen LogP contribution in [0.15, 0.2) is 18.2 Å². The lowest BCUT2D eigenvalue weighted by atomic mass is 10.2. The van der Waals surface area contributed by atoms with Gasteiger partial charge in [-0.15, -0.1) is 0 Å². The lowest BCUT2D eigenvalue weighted by molar-refractivity contribution is -0.136. The van der Waals surface area contributed by atoms with Crippen molar-refractivity contribution in [1.82, 2.24) is 10.2 Å². The van der Waals surface area contributed by atoms with Gasteiger partial charge in [0.2, 0.25) is 0 Å². The van der Waals surface area contributed by atoms with Crippen LogP contribution in [-0.4, -0.2) is 58.8 Å². The van der Waals surface area contributed by atoms with Crippen LogP contribution in [0.3, 0.4) is 0 Å². The minimum atomic E-state index is -1.05. The second-order valence-corrected chi connectivity index (χ2v) is 7.52. The van der Waals surface area contributed by atoms with Gasteiger partial charge in [0.15, 0.2) is 0 Å². The summed E-state index contributed by atoms with van der Waals surface area (Å²) >= 11 is 5.55. The molecule has 0 unspecified atom stereocenters. The molecule has 2 rings (SSSR count). The van der Waals surface area contributed by atoms with Gasteiger partial charge in [0, 0.05) is 12.2 Å². The van der Waals surface area contributed by atoms with E-state index in [4.69, 9.17) is 16.3 Å². The molecule has 2 atom stereocenters. The van der Waals surface area contributed by atoms with Crippen LogP contribution in [0.25, 0.3) is 0 Å². The number of carbonyl (C=O) groups excluding carboxylic acids is 3. The number of nitrogens with one attached hydrogen (secondary N) is 2. The van der Waals surface area contributed by atoms with Crippen LogP contribution in [-0.2, 0) is 14.3 Å². The van der Waals surface area contributed by atoms with Gasteiger partial charge >= 0.3 is 17.9 Å². The van der Waals surface area contributed by atoms with Gasteiger partial charge in [-0.1, -0.05) is 11.6 Å². The van der Waals surface area contributed by atoms with Crippen LogP contribution in [0.4, 0.5) is 14.9 Å². The van der Waals surface area contributed by atoms with E-state index in [2.05, 4.69) is 10.6 Å². The highest BCUT2D eigenvalue weighted by Gasteiger charge is 2.37. The maximum atomic E-state index is 13.4. The lowest BCUT2D eigenvalue weighted by Gasteiger charge is -2.24. The second-order valence-electron chi connectivity index (χ2n) is 7.12. The maximum Gasteiger partial charge on any atom is 0.410 e. The number of hydrogen-bond acceptors (Lipinski definition) is 5. The third-order valence-electron chi connectivity index (χ3n) is 3.64. The smallest absolute Gasteiger partial charge is 0.410 e. The molecular formula is C17H21ClFN3O5. The number of carbonyl (C=O) groups is 3. The number of rotatable bonds is 2. The second kappa shape index (κ2) is 8.10. The molecule has 0 bridgehead atoms. The SMILES string of the molecule is CC(C)(C)OC(=O)N1C[C@@H](O)[C@H](NC(=O)C(=O)Nc2ccc(Cl)c(F)c2)C1. The van der Waals surface area contributed by atoms with E-state index >= 15 is 0 Å². The van der Waals surface area contributed by atoms with Crippen molar-refractivity contribution >= 4 is 35.2 Å². The van der Waals surface area contributed by atoms with E-state index in [1.807, 2.05) is 0 Å². The number of benzene rings is 1. The summed E-state index contributed by atoms with van der Waals surface area (Å²) in [6, 6.07) is 2.72. The highest BCUT2D eigenvalue weighted by molar-refractivity contribution is 6.39. The fraction of sp³-hybridized carbons (Fsp3) is 0.471. The predicted molar refractivity (Wildman–Crippen MR) is 95.8 cm³/mol. The average Bonchev–Trinajstić information content (AvgIpc) is 2.90. The van der Waals surface area contributed by atoms with Gasteiger partial charge in [-0.3, -0.25) is 9.59 Å². The first-order chi connectivity index (χ1) is 12.5. The van der Waals surface area contributed by atoms with Crippen LogP contribution in [0.5, 0.6) is 0 Å². The fourth-order valence-corrected chi connectivity index (χ4v) is 2.52. The summed E-state index contributed by atoms with van der Waals surface area (Å²) in [5.74, 6) is -2.81. The minimum Gasteiger partial charge on any atom is -0.444 e. The van der Waals surface area contributed by atoms with Crippen molar-refractivity contribution < 1.29 is 28.6 Å². The summed E-state index contributed by atoms with van der Waals surface area (Å²) in [6.45, 7) is 5.08. The highest BCUT2D eigenvalue weighted by Crippen LogP contribution is 2.19. The molecule has 3 amide bonds. The fourth-order valence-electron chi connectivity index (χ4n) is 2.40. The average molecular weight is 402 g/mol. The molecule has 0 saturated carbocycles. The number of anilines is 1. The van der Waals surface area contributed by atoms with Crippen molar-refractivity contribution in [3.63, 3.8) is 0 Å². The molecule has 148 valence electrons. The summed E-state index contributed by atoms with van der Waals surface area (Å²) in [5.41, 5.74) is -0.642. The normalized spacial score (nSPS) is 19.6. The third kappa shape index (κ3) is 5.80. The van der Waals surface area contributed by atoms with Gasteiger partial charge in [0.05, 0.1) is 23.7 Å². The number of aliphatic hydroxyl groups excluding tert-OH is 1. The number of nitrogens with zero attached hydrogens (tertiary/aromatic N) is 1. The van der Waals surface area contributed by atoms with Gasteiger partial charge in [0.1, 0.15) is 11.4 Å². The Balaban J connectivity index is 1.91. The molecule has 1 fully saturated rings. The molecular weight excluding hydrogens is 381 g/mol. The zero-order valence-electron chi connectivity index (χ0n) is 15.1. The van der Waals surface area contributed by atoms with E-state index in [1.165, 1.54) is 17.0 Å². The number of β-amino-alcohol motifs (C(OH)–C–C–N with tert-alkyl or cyclic N) is 1. The van der Waals surface area contributed by atoms with Crippen molar-refractivity contribution in [1.29, 1.82) is 0 Å². The number of aliphatic hydroxyl groups is 1. The Morgan fingerprint density at radius 1 is 1.26 bits per heavy atom. The third-order valence-corrected chi connectivity index (χ3v) is 3.95. The molecule has 8 nitrogen and oxygen atoms in total. The topological polar surface area (TPSA) is 108 Å². The Morgan fingerprint density at radius 3 is 2.52 bits per heavy atom. The lowest BCUT2D eigenvalue weighted by Crippen LogP contribution is -2.47. The van der Waals surface area contributed by atoms with Crippen molar-refractivity contribution in [2.75, 3.05) is 18.4 Å². The van der Waals surface area contributed by atoms with E-state index in [1.54, 1.807) is 20.8 Å². The number of likely N-dealkylation sites (tertiary alicyclic amines) is 1. The molecule has 0 radical (unpaired) electrons. The predicted octanol–water partition coefficient (Wildman–Crippen LogP) is 1.51. The Labute approximate surface area is 160 Å². The van der Waals surface area contributed by atoms with Crippen molar-refractivity contribution in [2.24, 2.45) is 0 Å². The van der Waals surface area contributed by atoms with Crippen LogP contribution < -0.4 is 10.6 Å². The standard InChI is InChI=1S/C17H21ClFN3O5/c1-17(2,3)27-16(26)22-7-12(13(23)8-22)21-15(25)14(24)20-9-4-5-10(18)11(19)6-9/h4-6,12-13,23H,7-8H2,1-3H3,(H,20,24)(H,21,25)/t12-,13-/m1/s1. The number of halogens is 2. The number of hydrogen-bond donors (Lipinski definition) is 3. The largest absolute Gasteiger partial charge is 0.444 e. The van der Waals surface area contributed by atoms with Crippen LogP contribution in [0.1, 0.15) is 20.8 Å². The first-order valence-corrected chi connectivity index (χ1v) is 8.57. The Morgan fingerprint density at radius 2 is 1.93 bits per heavy atom. The van der Waals surface area contributed by atoms with Gasteiger partial charge in [-0.25, -0.2) is 9.18 Å². The van der Waals surface area contributed by atoms with Crippen molar-refractivity contribution in [3.8, 4) is 0 Å². The molecule has 0 aliphatic carbocycles. The van der Waals surface area contributed by atoms with E-state index in [-0.39, 0.29) is 23.8 Å². The quantitative estimate of drug-likeness (QED) is 0.651. The van der Waals surface area contributed by atoms with Gasteiger partial charge in [-0.05, 0) is 39.0 Å². The zero-order chi connectivity index (χ0) is 20.4. The Kier molecular flexibility index (Phi) is 6.27. The molecule has 1 aliphatic rings. The van der Waals surface area contributed by atoms with E-state index < -0.39 is 41.5 Å². The zero-order valence-corrected chi connectivity index (χ0v) is 15.8. The monoisotopic (exact) mass is 401 g/mol. The minimum absolute atomic E-state index is 0.00925. The van der Waals surface area contributed by atoms with Crippen molar-refractivity contribution in [3.05, 3.63) is 29.0 Å². The number of ether oxygens (including phenoxy) is 1. The van der Waals surface area contributed by atoms with E-state index in [0.29, 0.717) is 0 Å². The molecule has 1 aromatic rings. The van der Waals surface area contributed by atoms with Gasteiger partial charge in [-0.2, -0.15) is 0 Å². The molecule has 1 aliphatic heterocycles. The maximum absolute atomic E-state index is 13.4. The molecule has 10 heteroatoms. The molecule has 1 saturated heterocycles. The molecule has 1 aromatic carbocycles. The molecule has 0 spiro atoms.